The van der Waals surface area contributed by atoms with Crippen LogP contribution in [-0.2, 0) is 0 Å². The molecule has 0 radical (unpaired) electrons. The summed E-state index contributed by atoms with van der Waals surface area (Å²) in [5, 5.41) is 12.8. The molecule has 1 amide bonds. The second-order valence-corrected chi connectivity index (χ2v) is 8.50. The lowest BCUT2D eigenvalue weighted by atomic mass is 9.87. The smallest absolute Gasteiger partial charge is 0.288 e. The van der Waals surface area contributed by atoms with E-state index in [0.29, 0.717) is 52.5 Å². The van der Waals surface area contributed by atoms with E-state index in [2.05, 4.69) is 0 Å². The summed E-state index contributed by atoms with van der Waals surface area (Å²) in [7, 11) is 0. The number of hydrogen-bond acceptors (Lipinski definition) is 4. The third-order valence-electron chi connectivity index (χ3n) is 4.52. The van der Waals surface area contributed by atoms with Crippen LogP contribution < -0.4 is 0 Å². The van der Waals surface area contributed by atoms with Crippen molar-refractivity contribution < 1.29 is 18.7 Å². The van der Waals surface area contributed by atoms with E-state index in [-0.39, 0.29) is 11.8 Å². The van der Waals surface area contributed by atoms with Crippen LogP contribution in [0.5, 0.6) is 0 Å². The Bertz CT molecular complexity index is 746. The van der Waals surface area contributed by atoms with E-state index in [0.717, 1.165) is 5.56 Å². The van der Waals surface area contributed by atoms with Crippen molar-refractivity contribution in [3.05, 3.63) is 51.2 Å². The minimum atomic E-state index is -2.54. The van der Waals surface area contributed by atoms with E-state index in [1.807, 2.05) is 12.1 Å². The number of nitrogens with zero attached hydrogens (tertiary/aromatic N) is 1. The summed E-state index contributed by atoms with van der Waals surface area (Å²) >= 11 is 7.47. The van der Waals surface area contributed by atoms with Crippen LogP contribution >= 0.6 is 34.7 Å². The van der Waals surface area contributed by atoms with Gasteiger partial charge in [-0.25, -0.2) is 0 Å². The largest absolute Gasteiger partial charge is 0.388 e. The van der Waals surface area contributed by atoms with Crippen molar-refractivity contribution in [1.82, 2.24) is 4.90 Å². The summed E-state index contributed by atoms with van der Waals surface area (Å²) in [6.45, 7) is 1.01. The molecule has 3 rings (SSSR count). The van der Waals surface area contributed by atoms with Gasteiger partial charge in [-0.05, 0) is 47.9 Å². The van der Waals surface area contributed by atoms with Crippen LogP contribution in [0.4, 0.5) is 8.78 Å². The number of hydrogen-bond donors (Lipinski definition) is 1. The lowest BCUT2D eigenvalue weighted by molar-refractivity contribution is 0.0463. The molecular formula is C18H18ClF2NO2S2. The maximum atomic E-state index is 12.6. The number of alkyl halides is 2. The number of carbonyl (C=O) groups is 1. The second-order valence-electron chi connectivity index (χ2n) is 6.12. The minimum absolute atomic E-state index is 0.0541. The molecule has 3 nitrogen and oxygen atoms in total. The first-order valence-corrected chi connectivity index (χ1v) is 10.3. The minimum Gasteiger partial charge on any atom is -0.388 e. The van der Waals surface area contributed by atoms with Crippen molar-refractivity contribution in [2.24, 2.45) is 5.92 Å². The topological polar surface area (TPSA) is 40.5 Å². The maximum absolute atomic E-state index is 12.6. The number of amides is 1. The number of aliphatic hydroxyl groups is 1. The molecule has 0 saturated carbocycles. The molecule has 1 atom stereocenters. The number of aliphatic hydroxyl groups excluding tert-OH is 1. The monoisotopic (exact) mass is 417 g/mol. The Hall–Kier alpha value is -1.15. The number of thioether (sulfide) groups is 1. The van der Waals surface area contributed by atoms with Gasteiger partial charge in [-0.15, -0.1) is 11.3 Å². The predicted molar refractivity (Wildman–Crippen MR) is 101 cm³/mol. The van der Waals surface area contributed by atoms with Gasteiger partial charge in [0, 0.05) is 23.0 Å². The van der Waals surface area contributed by atoms with E-state index in [9.17, 15) is 18.7 Å². The number of benzene rings is 1. The highest BCUT2D eigenvalue weighted by Crippen LogP contribution is 2.35. The molecule has 0 aliphatic carbocycles. The fourth-order valence-corrected chi connectivity index (χ4v) is 4.92. The SMILES string of the molecule is O=C(c1sccc1SC(F)F)N1CCC(C(O)c2ccc(Cl)cc2)CC1. The van der Waals surface area contributed by atoms with Crippen LogP contribution in [0.25, 0.3) is 0 Å². The zero-order valence-electron chi connectivity index (χ0n) is 13.8. The number of halogens is 3. The molecule has 26 heavy (non-hydrogen) atoms. The number of likely N-dealkylation sites (tertiary alicyclic amines) is 1. The first kappa shape index (κ1) is 19.6. The zero-order valence-corrected chi connectivity index (χ0v) is 16.2. The average Bonchev–Trinajstić information content (AvgIpc) is 3.08. The Morgan fingerprint density at radius 3 is 2.50 bits per heavy atom. The molecule has 1 fully saturated rings. The van der Waals surface area contributed by atoms with Gasteiger partial charge in [-0.3, -0.25) is 4.79 Å². The molecule has 2 aromatic rings. The molecule has 1 aliphatic rings. The quantitative estimate of drug-likeness (QED) is 0.671. The average molecular weight is 418 g/mol. The molecule has 1 aromatic heterocycles. The van der Waals surface area contributed by atoms with Gasteiger partial charge in [0.1, 0.15) is 4.88 Å². The van der Waals surface area contributed by atoms with Gasteiger partial charge in [0.2, 0.25) is 0 Å². The first-order valence-electron chi connectivity index (χ1n) is 8.21. The standard InChI is InChI=1S/C18H18ClF2NO2S2/c19-13-3-1-11(2-4-13)15(23)12-5-8-22(9-6-12)17(24)16-14(7-10-25-16)26-18(20)21/h1-4,7,10,12,15,18,23H,5-6,8-9H2. The summed E-state index contributed by atoms with van der Waals surface area (Å²) in [6.07, 6.45) is 0.729. The van der Waals surface area contributed by atoms with Crippen LogP contribution in [-0.4, -0.2) is 34.8 Å². The van der Waals surface area contributed by atoms with Crippen molar-refractivity contribution in [3.63, 3.8) is 0 Å². The highest BCUT2D eigenvalue weighted by Gasteiger charge is 2.30. The van der Waals surface area contributed by atoms with Crippen LogP contribution in [0, 0.1) is 5.92 Å². The molecule has 1 aliphatic heterocycles. The lowest BCUT2D eigenvalue weighted by Crippen LogP contribution is -2.39. The van der Waals surface area contributed by atoms with E-state index >= 15 is 0 Å². The number of rotatable bonds is 5. The van der Waals surface area contributed by atoms with Gasteiger partial charge in [-0.2, -0.15) is 8.78 Å². The van der Waals surface area contributed by atoms with Crippen LogP contribution in [0.1, 0.15) is 34.2 Å². The summed E-state index contributed by atoms with van der Waals surface area (Å²) in [6, 6.07) is 8.68. The van der Waals surface area contributed by atoms with Gasteiger partial charge >= 0.3 is 0 Å². The molecule has 8 heteroatoms. The predicted octanol–water partition coefficient (Wildman–Crippen LogP) is 5.30. The number of carbonyl (C=O) groups excluding carboxylic acids is 1. The van der Waals surface area contributed by atoms with Crippen molar-refractivity contribution in [2.75, 3.05) is 13.1 Å². The van der Waals surface area contributed by atoms with Crippen LogP contribution in [0.15, 0.2) is 40.6 Å². The van der Waals surface area contributed by atoms with Crippen molar-refractivity contribution in [1.29, 1.82) is 0 Å². The number of thiophene rings is 1. The van der Waals surface area contributed by atoms with Gasteiger partial charge in [-0.1, -0.05) is 35.5 Å². The Balaban J connectivity index is 1.60. The summed E-state index contributed by atoms with van der Waals surface area (Å²) in [5.74, 6) is -2.70. The van der Waals surface area contributed by atoms with Crippen molar-refractivity contribution in [2.45, 2.75) is 29.6 Å². The van der Waals surface area contributed by atoms with Crippen molar-refractivity contribution in [3.8, 4) is 0 Å². The van der Waals surface area contributed by atoms with Gasteiger partial charge in [0.25, 0.3) is 11.7 Å². The Morgan fingerprint density at radius 1 is 1.23 bits per heavy atom. The first-order chi connectivity index (χ1) is 12.5. The molecule has 0 bridgehead atoms. The van der Waals surface area contributed by atoms with Gasteiger partial charge in [0.05, 0.1) is 6.10 Å². The second kappa shape index (κ2) is 8.69. The normalized spacial score (nSPS) is 16.9. The summed E-state index contributed by atoms with van der Waals surface area (Å²) in [5.41, 5.74) is 0.813. The van der Waals surface area contributed by atoms with Gasteiger partial charge < -0.3 is 10.0 Å². The third kappa shape index (κ3) is 4.57. The molecule has 1 N–H and O–H groups in total. The molecule has 0 spiro atoms. The highest BCUT2D eigenvalue weighted by molar-refractivity contribution is 7.99. The van der Waals surface area contributed by atoms with Crippen LogP contribution in [0.3, 0.4) is 0 Å². The van der Waals surface area contributed by atoms with Crippen LogP contribution in [0.2, 0.25) is 5.02 Å². The molecule has 2 heterocycles. The molecule has 1 unspecified atom stereocenters. The number of piperidine rings is 1. The van der Waals surface area contributed by atoms with E-state index in [1.54, 1.807) is 28.5 Å². The fourth-order valence-electron chi connectivity index (χ4n) is 3.14. The third-order valence-corrected chi connectivity index (χ3v) is 6.58. The Kier molecular flexibility index (Phi) is 6.55. The molecular weight excluding hydrogens is 400 g/mol. The molecule has 1 aromatic carbocycles. The lowest BCUT2D eigenvalue weighted by Gasteiger charge is -2.34. The Morgan fingerprint density at radius 2 is 1.88 bits per heavy atom. The summed E-state index contributed by atoms with van der Waals surface area (Å²) in [4.78, 5) is 15.0. The maximum Gasteiger partial charge on any atom is 0.288 e. The molecule has 1 saturated heterocycles. The van der Waals surface area contributed by atoms with E-state index in [1.165, 1.54) is 11.3 Å². The van der Waals surface area contributed by atoms with E-state index < -0.39 is 11.9 Å². The fraction of sp³-hybridized carbons (Fsp3) is 0.389. The Labute approximate surface area is 164 Å². The highest BCUT2D eigenvalue weighted by atomic mass is 35.5. The zero-order chi connectivity index (χ0) is 18.7. The molecule has 140 valence electrons. The van der Waals surface area contributed by atoms with Crippen molar-refractivity contribution >= 4 is 40.6 Å². The summed E-state index contributed by atoms with van der Waals surface area (Å²) < 4.78 is 25.2. The van der Waals surface area contributed by atoms with E-state index in [4.69, 9.17) is 11.6 Å². The van der Waals surface area contributed by atoms with Gasteiger partial charge in [0.15, 0.2) is 0 Å².